The molecule has 4 heteroatoms. The molecule has 2 nitrogen and oxygen atoms in total. The lowest BCUT2D eigenvalue weighted by atomic mass is 10.0. The van der Waals surface area contributed by atoms with E-state index in [1.807, 2.05) is 6.92 Å². The zero-order chi connectivity index (χ0) is 15.8. The van der Waals surface area contributed by atoms with Gasteiger partial charge in [0, 0.05) is 24.7 Å². The van der Waals surface area contributed by atoms with E-state index in [0.717, 1.165) is 38.5 Å². The highest BCUT2D eigenvalue weighted by molar-refractivity contribution is 5.21. The Kier molecular flexibility index (Phi) is 7.83. The molecule has 0 aliphatic rings. The van der Waals surface area contributed by atoms with Gasteiger partial charge in [-0.3, -0.25) is 0 Å². The highest BCUT2D eigenvalue weighted by atomic mass is 19.1. The van der Waals surface area contributed by atoms with Crippen LogP contribution in [0.1, 0.15) is 52.1 Å². The van der Waals surface area contributed by atoms with Crippen molar-refractivity contribution in [2.24, 2.45) is 0 Å². The molecule has 1 atom stereocenters. The van der Waals surface area contributed by atoms with Crippen molar-refractivity contribution in [2.45, 2.75) is 52.6 Å². The van der Waals surface area contributed by atoms with Gasteiger partial charge in [0.2, 0.25) is 0 Å². The molecule has 0 heterocycles. The Morgan fingerprint density at radius 2 is 1.67 bits per heavy atom. The average molecular weight is 298 g/mol. The quantitative estimate of drug-likeness (QED) is 0.737. The van der Waals surface area contributed by atoms with E-state index in [1.165, 1.54) is 12.1 Å². The Morgan fingerprint density at radius 3 is 2.14 bits per heavy atom. The fraction of sp³-hybridized carbons (Fsp3) is 0.647. The van der Waals surface area contributed by atoms with Crippen LogP contribution in [0, 0.1) is 11.6 Å². The van der Waals surface area contributed by atoms with E-state index in [0.29, 0.717) is 11.6 Å². The van der Waals surface area contributed by atoms with Gasteiger partial charge in [-0.25, -0.2) is 8.78 Å². The molecular weight excluding hydrogens is 270 g/mol. The number of nitrogens with one attached hydrogen (secondary N) is 1. The number of rotatable bonds is 9. The number of hydrogen-bond acceptors (Lipinski definition) is 2. The second-order valence-electron chi connectivity index (χ2n) is 5.73. The van der Waals surface area contributed by atoms with Gasteiger partial charge >= 0.3 is 0 Å². The van der Waals surface area contributed by atoms with Crippen LogP contribution in [-0.4, -0.2) is 30.6 Å². The molecule has 0 radical (unpaired) electrons. The summed E-state index contributed by atoms with van der Waals surface area (Å²) in [6, 6.07) is 4.24. The SMILES string of the molecule is CCCN(CCC(NCC)c1cc(F)cc(F)c1)C(C)C. The molecule has 120 valence electrons. The van der Waals surface area contributed by atoms with Gasteiger partial charge < -0.3 is 10.2 Å². The third-order valence-electron chi connectivity index (χ3n) is 3.68. The van der Waals surface area contributed by atoms with E-state index in [-0.39, 0.29) is 6.04 Å². The first-order valence-electron chi connectivity index (χ1n) is 7.91. The van der Waals surface area contributed by atoms with Crippen LogP contribution in [0.2, 0.25) is 0 Å². The molecule has 1 unspecified atom stereocenters. The zero-order valence-corrected chi connectivity index (χ0v) is 13.6. The van der Waals surface area contributed by atoms with Gasteiger partial charge in [0.15, 0.2) is 0 Å². The first-order valence-corrected chi connectivity index (χ1v) is 7.91. The molecule has 0 aliphatic carbocycles. The normalized spacial score (nSPS) is 13.1. The number of hydrogen-bond donors (Lipinski definition) is 1. The Labute approximate surface area is 127 Å². The summed E-state index contributed by atoms with van der Waals surface area (Å²) in [6.07, 6.45) is 1.95. The molecule has 1 aromatic rings. The second-order valence-corrected chi connectivity index (χ2v) is 5.73. The van der Waals surface area contributed by atoms with E-state index >= 15 is 0 Å². The average Bonchev–Trinajstić information content (AvgIpc) is 2.40. The van der Waals surface area contributed by atoms with Gasteiger partial charge in [0.1, 0.15) is 11.6 Å². The van der Waals surface area contributed by atoms with Crippen molar-refractivity contribution >= 4 is 0 Å². The maximum Gasteiger partial charge on any atom is 0.126 e. The van der Waals surface area contributed by atoms with Gasteiger partial charge in [-0.05, 0) is 57.5 Å². The monoisotopic (exact) mass is 298 g/mol. The minimum atomic E-state index is -0.512. The van der Waals surface area contributed by atoms with E-state index in [2.05, 4.69) is 31.0 Å². The van der Waals surface area contributed by atoms with Crippen molar-refractivity contribution in [3.63, 3.8) is 0 Å². The predicted octanol–water partition coefficient (Wildman–Crippen LogP) is 4.13. The maximum atomic E-state index is 13.4. The fourth-order valence-electron chi connectivity index (χ4n) is 2.62. The number of halogens is 2. The van der Waals surface area contributed by atoms with Crippen LogP contribution in [0.3, 0.4) is 0 Å². The van der Waals surface area contributed by atoms with Crippen molar-refractivity contribution < 1.29 is 8.78 Å². The van der Waals surface area contributed by atoms with Crippen LogP contribution >= 0.6 is 0 Å². The van der Waals surface area contributed by atoms with Crippen LogP contribution < -0.4 is 5.32 Å². The molecule has 0 amide bonds. The zero-order valence-electron chi connectivity index (χ0n) is 13.6. The summed E-state index contributed by atoms with van der Waals surface area (Å²) in [5.74, 6) is -1.02. The topological polar surface area (TPSA) is 15.3 Å². The molecule has 1 N–H and O–H groups in total. The van der Waals surface area contributed by atoms with Gasteiger partial charge in [-0.15, -0.1) is 0 Å². The standard InChI is InChI=1S/C17H28F2N2/c1-5-8-21(13(3)4)9-7-17(20-6-2)14-10-15(18)12-16(19)11-14/h10-13,17,20H,5-9H2,1-4H3. The largest absolute Gasteiger partial charge is 0.310 e. The molecule has 0 aliphatic heterocycles. The Morgan fingerprint density at radius 1 is 1.05 bits per heavy atom. The highest BCUT2D eigenvalue weighted by Crippen LogP contribution is 2.20. The highest BCUT2D eigenvalue weighted by Gasteiger charge is 2.16. The van der Waals surface area contributed by atoms with Gasteiger partial charge in [-0.2, -0.15) is 0 Å². The first-order chi connectivity index (χ1) is 9.97. The Hall–Kier alpha value is -1.00. The van der Waals surface area contributed by atoms with Crippen LogP contribution in [0.25, 0.3) is 0 Å². The van der Waals surface area contributed by atoms with Crippen LogP contribution in [-0.2, 0) is 0 Å². The molecule has 1 rings (SSSR count). The molecule has 0 spiro atoms. The third kappa shape index (κ3) is 6.10. The second kappa shape index (κ2) is 9.11. The van der Waals surface area contributed by atoms with E-state index < -0.39 is 11.6 Å². The summed E-state index contributed by atoms with van der Waals surface area (Å²) in [6.45, 7) is 11.3. The van der Waals surface area contributed by atoms with Crippen molar-refractivity contribution in [1.29, 1.82) is 0 Å². The molecular formula is C17H28F2N2. The smallest absolute Gasteiger partial charge is 0.126 e. The van der Waals surface area contributed by atoms with Crippen molar-refractivity contribution in [3.05, 3.63) is 35.4 Å². The van der Waals surface area contributed by atoms with E-state index in [1.54, 1.807) is 0 Å². The van der Waals surface area contributed by atoms with Gasteiger partial charge in [-0.1, -0.05) is 13.8 Å². The first kappa shape index (κ1) is 18.1. The van der Waals surface area contributed by atoms with Gasteiger partial charge in [0.25, 0.3) is 0 Å². The summed E-state index contributed by atoms with van der Waals surface area (Å²) >= 11 is 0. The minimum Gasteiger partial charge on any atom is -0.310 e. The summed E-state index contributed by atoms with van der Waals surface area (Å²) in [5, 5.41) is 3.33. The number of nitrogens with zero attached hydrogens (tertiary/aromatic N) is 1. The van der Waals surface area contributed by atoms with Crippen LogP contribution in [0.4, 0.5) is 8.78 Å². The summed E-state index contributed by atoms with van der Waals surface area (Å²) < 4.78 is 26.8. The van der Waals surface area contributed by atoms with Crippen LogP contribution in [0.5, 0.6) is 0 Å². The molecule has 1 aromatic carbocycles. The molecule has 0 saturated heterocycles. The fourth-order valence-corrected chi connectivity index (χ4v) is 2.62. The van der Waals surface area contributed by atoms with Crippen molar-refractivity contribution in [2.75, 3.05) is 19.6 Å². The molecule has 0 bridgehead atoms. The van der Waals surface area contributed by atoms with Crippen molar-refractivity contribution in [1.82, 2.24) is 10.2 Å². The molecule has 0 aromatic heterocycles. The number of benzene rings is 1. The molecule has 0 fully saturated rings. The lowest BCUT2D eigenvalue weighted by Gasteiger charge is -2.28. The van der Waals surface area contributed by atoms with Crippen molar-refractivity contribution in [3.8, 4) is 0 Å². The predicted molar refractivity (Wildman–Crippen MR) is 84.4 cm³/mol. The third-order valence-corrected chi connectivity index (χ3v) is 3.68. The van der Waals surface area contributed by atoms with Crippen LogP contribution in [0.15, 0.2) is 18.2 Å². The Balaban J connectivity index is 2.77. The van der Waals surface area contributed by atoms with E-state index in [4.69, 9.17) is 0 Å². The molecule has 0 saturated carbocycles. The maximum absolute atomic E-state index is 13.4. The summed E-state index contributed by atoms with van der Waals surface area (Å²) in [7, 11) is 0. The lowest BCUT2D eigenvalue weighted by Crippen LogP contribution is -2.35. The minimum absolute atomic E-state index is 0.0155. The lowest BCUT2D eigenvalue weighted by molar-refractivity contribution is 0.210. The summed E-state index contributed by atoms with van der Waals surface area (Å²) in [5.41, 5.74) is 0.689. The Bertz CT molecular complexity index is 401. The summed E-state index contributed by atoms with van der Waals surface area (Å²) in [4.78, 5) is 2.40. The molecule has 21 heavy (non-hydrogen) atoms. The van der Waals surface area contributed by atoms with E-state index in [9.17, 15) is 8.78 Å². The van der Waals surface area contributed by atoms with Gasteiger partial charge in [0.05, 0.1) is 0 Å².